The summed E-state index contributed by atoms with van der Waals surface area (Å²) >= 11 is 0. The summed E-state index contributed by atoms with van der Waals surface area (Å²) in [4.78, 5) is 4.09. The fraction of sp³-hybridized carbons (Fsp3) is 0.500. The summed E-state index contributed by atoms with van der Waals surface area (Å²) in [5.41, 5.74) is -0.738. The van der Waals surface area contributed by atoms with E-state index in [1.54, 1.807) is 12.1 Å². The first-order valence-corrected chi connectivity index (χ1v) is 6.55. The number of benzene rings is 1. The molecule has 0 atom stereocenters. The number of hydrogen-bond acceptors (Lipinski definition) is 3. The van der Waals surface area contributed by atoms with Gasteiger partial charge in [-0.1, -0.05) is 13.0 Å². The highest BCUT2D eigenvalue weighted by atomic mass is 19.4. The van der Waals surface area contributed by atoms with Gasteiger partial charge in [0, 0.05) is 26.2 Å². The van der Waals surface area contributed by atoms with Crippen LogP contribution in [-0.2, 0) is 6.18 Å². The van der Waals surface area contributed by atoms with Crippen molar-refractivity contribution in [1.29, 1.82) is 5.26 Å². The molecule has 108 valence electrons. The molecular formula is C14H16F3N3. The lowest BCUT2D eigenvalue weighted by molar-refractivity contribution is -0.137. The van der Waals surface area contributed by atoms with E-state index in [0.717, 1.165) is 25.7 Å². The Labute approximate surface area is 116 Å². The first kappa shape index (κ1) is 14.7. The van der Waals surface area contributed by atoms with Crippen LogP contribution in [0.15, 0.2) is 18.2 Å². The van der Waals surface area contributed by atoms with E-state index in [1.165, 1.54) is 6.07 Å². The second kappa shape index (κ2) is 5.71. The SMILES string of the molecule is CCN1CCN(c2cccc(C(F)(F)F)c2C#N)CC1. The molecule has 0 unspecified atom stereocenters. The highest BCUT2D eigenvalue weighted by molar-refractivity contribution is 5.63. The fourth-order valence-electron chi connectivity index (χ4n) is 2.46. The Hall–Kier alpha value is -1.74. The van der Waals surface area contributed by atoms with Crippen molar-refractivity contribution in [2.45, 2.75) is 13.1 Å². The molecule has 1 heterocycles. The molecule has 0 aliphatic carbocycles. The maximum absolute atomic E-state index is 12.9. The van der Waals surface area contributed by atoms with Crippen LogP contribution in [0.4, 0.5) is 18.9 Å². The molecule has 0 N–H and O–H groups in total. The summed E-state index contributed by atoms with van der Waals surface area (Å²) in [6.07, 6.45) is -4.49. The van der Waals surface area contributed by atoms with Crippen molar-refractivity contribution in [3.8, 4) is 6.07 Å². The zero-order chi connectivity index (χ0) is 14.8. The molecule has 20 heavy (non-hydrogen) atoms. The van der Waals surface area contributed by atoms with E-state index in [0.29, 0.717) is 18.8 Å². The predicted octanol–water partition coefficient (Wildman–Crippen LogP) is 2.72. The third-order valence-electron chi connectivity index (χ3n) is 3.62. The van der Waals surface area contributed by atoms with Crippen LogP contribution in [0.3, 0.4) is 0 Å². The maximum Gasteiger partial charge on any atom is 0.417 e. The Morgan fingerprint density at radius 2 is 1.85 bits per heavy atom. The van der Waals surface area contributed by atoms with Crippen molar-refractivity contribution in [2.75, 3.05) is 37.6 Å². The average molecular weight is 283 g/mol. The molecule has 0 radical (unpaired) electrons. The van der Waals surface area contributed by atoms with E-state index in [1.807, 2.05) is 4.90 Å². The second-order valence-electron chi connectivity index (χ2n) is 4.73. The van der Waals surface area contributed by atoms with Gasteiger partial charge in [0.25, 0.3) is 0 Å². The van der Waals surface area contributed by atoms with Crippen LogP contribution in [0.2, 0.25) is 0 Å². The average Bonchev–Trinajstić information content (AvgIpc) is 2.45. The summed E-state index contributed by atoms with van der Waals surface area (Å²) < 4.78 is 38.8. The maximum atomic E-state index is 12.9. The van der Waals surface area contributed by atoms with Gasteiger partial charge in [-0.2, -0.15) is 18.4 Å². The first-order chi connectivity index (χ1) is 9.47. The molecule has 0 saturated carbocycles. The van der Waals surface area contributed by atoms with Crippen LogP contribution in [0.25, 0.3) is 0 Å². The van der Waals surface area contributed by atoms with Gasteiger partial charge in [-0.3, -0.25) is 0 Å². The van der Waals surface area contributed by atoms with Crippen molar-refractivity contribution in [1.82, 2.24) is 4.90 Å². The topological polar surface area (TPSA) is 30.3 Å². The highest BCUT2D eigenvalue weighted by Gasteiger charge is 2.35. The molecular weight excluding hydrogens is 267 g/mol. The highest BCUT2D eigenvalue weighted by Crippen LogP contribution is 2.36. The lowest BCUT2D eigenvalue weighted by Gasteiger charge is -2.36. The zero-order valence-corrected chi connectivity index (χ0v) is 11.2. The smallest absolute Gasteiger partial charge is 0.368 e. The largest absolute Gasteiger partial charge is 0.417 e. The molecule has 0 bridgehead atoms. The molecule has 1 fully saturated rings. The van der Waals surface area contributed by atoms with Gasteiger partial charge in [-0.15, -0.1) is 0 Å². The first-order valence-electron chi connectivity index (χ1n) is 6.55. The summed E-state index contributed by atoms with van der Waals surface area (Å²) in [6.45, 7) is 5.88. The van der Waals surface area contributed by atoms with E-state index in [9.17, 15) is 13.2 Å². The van der Waals surface area contributed by atoms with E-state index < -0.39 is 11.7 Å². The molecule has 3 nitrogen and oxygen atoms in total. The number of rotatable bonds is 2. The minimum absolute atomic E-state index is 0.273. The van der Waals surface area contributed by atoms with Crippen molar-refractivity contribution in [2.24, 2.45) is 0 Å². The van der Waals surface area contributed by atoms with Crippen molar-refractivity contribution < 1.29 is 13.2 Å². The van der Waals surface area contributed by atoms with Gasteiger partial charge in [0.05, 0.1) is 16.8 Å². The summed E-state index contributed by atoms with van der Waals surface area (Å²) in [5, 5.41) is 9.10. The molecule has 1 aromatic rings. The van der Waals surface area contributed by atoms with Gasteiger partial charge >= 0.3 is 6.18 Å². The standard InChI is InChI=1S/C14H16F3N3/c1-2-19-6-8-20(9-7-19)13-5-3-4-12(11(13)10-18)14(15,16)17/h3-5H,2,6-9H2,1H3. The molecule has 0 amide bonds. The van der Waals surface area contributed by atoms with E-state index in [-0.39, 0.29) is 5.56 Å². The van der Waals surface area contributed by atoms with Gasteiger partial charge in [-0.25, -0.2) is 0 Å². The monoisotopic (exact) mass is 283 g/mol. The molecule has 6 heteroatoms. The molecule has 1 aromatic carbocycles. The van der Waals surface area contributed by atoms with Crippen LogP contribution in [-0.4, -0.2) is 37.6 Å². The number of nitrogens with zero attached hydrogens (tertiary/aromatic N) is 3. The predicted molar refractivity (Wildman–Crippen MR) is 70.5 cm³/mol. The minimum atomic E-state index is -4.49. The van der Waals surface area contributed by atoms with Crippen molar-refractivity contribution >= 4 is 5.69 Å². The number of halogens is 3. The Morgan fingerprint density at radius 1 is 1.20 bits per heavy atom. The second-order valence-corrected chi connectivity index (χ2v) is 4.73. The van der Waals surface area contributed by atoms with Gasteiger partial charge in [0.15, 0.2) is 0 Å². The normalized spacial score (nSPS) is 17.1. The van der Waals surface area contributed by atoms with E-state index in [2.05, 4.69) is 11.8 Å². The van der Waals surface area contributed by atoms with E-state index in [4.69, 9.17) is 5.26 Å². The summed E-state index contributed by atoms with van der Waals surface area (Å²) in [5.74, 6) is 0. The lowest BCUT2D eigenvalue weighted by Crippen LogP contribution is -2.46. The molecule has 1 aliphatic heterocycles. The number of anilines is 1. The van der Waals surface area contributed by atoms with Crippen LogP contribution in [0, 0.1) is 11.3 Å². The zero-order valence-electron chi connectivity index (χ0n) is 11.2. The van der Waals surface area contributed by atoms with Crippen molar-refractivity contribution in [3.63, 3.8) is 0 Å². The van der Waals surface area contributed by atoms with Gasteiger partial charge < -0.3 is 9.80 Å². The molecule has 2 rings (SSSR count). The molecule has 1 aliphatic rings. The lowest BCUT2D eigenvalue weighted by atomic mass is 10.0. The number of alkyl halides is 3. The van der Waals surface area contributed by atoms with Crippen LogP contribution >= 0.6 is 0 Å². The number of piperazine rings is 1. The number of hydrogen-bond donors (Lipinski definition) is 0. The van der Waals surface area contributed by atoms with Gasteiger partial charge in [0.1, 0.15) is 6.07 Å². The summed E-state index contributed by atoms with van der Waals surface area (Å²) in [7, 11) is 0. The van der Waals surface area contributed by atoms with Gasteiger partial charge in [-0.05, 0) is 18.7 Å². The number of likely N-dealkylation sites (N-methyl/N-ethyl adjacent to an activating group) is 1. The van der Waals surface area contributed by atoms with E-state index >= 15 is 0 Å². The molecule has 0 aromatic heterocycles. The molecule has 0 spiro atoms. The van der Waals surface area contributed by atoms with Crippen LogP contribution in [0.1, 0.15) is 18.1 Å². The van der Waals surface area contributed by atoms with Gasteiger partial charge in [0.2, 0.25) is 0 Å². The summed E-state index contributed by atoms with van der Waals surface area (Å²) in [6, 6.07) is 5.64. The van der Waals surface area contributed by atoms with Crippen LogP contribution < -0.4 is 4.90 Å². The Morgan fingerprint density at radius 3 is 2.35 bits per heavy atom. The quantitative estimate of drug-likeness (QED) is 0.836. The Kier molecular flexibility index (Phi) is 4.19. The Balaban J connectivity index is 2.32. The Bertz CT molecular complexity index is 511. The third-order valence-corrected chi connectivity index (χ3v) is 3.62. The third kappa shape index (κ3) is 2.88. The number of nitriles is 1. The molecule has 1 saturated heterocycles. The van der Waals surface area contributed by atoms with Crippen LogP contribution in [0.5, 0.6) is 0 Å². The fourth-order valence-corrected chi connectivity index (χ4v) is 2.46. The van der Waals surface area contributed by atoms with Crippen molar-refractivity contribution in [3.05, 3.63) is 29.3 Å². The minimum Gasteiger partial charge on any atom is -0.368 e.